The van der Waals surface area contributed by atoms with Crippen molar-refractivity contribution in [1.29, 1.82) is 0 Å². The molecule has 0 atom stereocenters. The summed E-state index contributed by atoms with van der Waals surface area (Å²) in [6, 6.07) is 0. The van der Waals surface area contributed by atoms with Gasteiger partial charge in [-0.25, -0.2) is 17.6 Å². The smallest absolute Gasteiger partial charge is 0.165 e. The maximum Gasteiger partial charge on any atom is 0.165 e. The molecule has 0 saturated carbocycles. The SMILES string of the molecule is CCCCc1c(F)c(F)c(C(C)C)c(F)c1F. The molecule has 4 heteroatoms. The molecule has 0 amide bonds. The number of hydrogen-bond donors (Lipinski definition) is 0. The highest BCUT2D eigenvalue weighted by molar-refractivity contribution is 5.31. The first kappa shape index (κ1) is 14.0. The normalized spacial score (nSPS) is 11.3. The molecule has 0 saturated heterocycles. The second-order valence-corrected chi connectivity index (χ2v) is 4.41. The molecule has 0 unspecified atom stereocenters. The van der Waals surface area contributed by atoms with E-state index in [9.17, 15) is 17.6 Å². The fourth-order valence-corrected chi connectivity index (χ4v) is 1.77. The first-order valence-corrected chi connectivity index (χ1v) is 5.76. The number of unbranched alkanes of at least 4 members (excludes halogenated alkanes) is 1. The van der Waals surface area contributed by atoms with Crippen molar-refractivity contribution in [3.8, 4) is 0 Å². The van der Waals surface area contributed by atoms with Gasteiger partial charge in [-0.15, -0.1) is 0 Å². The van der Waals surface area contributed by atoms with Crippen molar-refractivity contribution in [3.05, 3.63) is 34.4 Å². The quantitative estimate of drug-likeness (QED) is 0.534. The molecule has 17 heavy (non-hydrogen) atoms. The lowest BCUT2D eigenvalue weighted by molar-refractivity contribution is 0.418. The van der Waals surface area contributed by atoms with E-state index in [-0.39, 0.29) is 6.42 Å². The average Bonchev–Trinajstić information content (AvgIpc) is 2.26. The highest BCUT2D eigenvalue weighted by atomic mass is 19.2. The molecular formula is C13H16F4. The monoisotopic (exact) mass is 248 g/mol. The van der Waals surface area contributed by atoms with E-state index in [4.69, 9.17) is 0 Å². The predicted octanol–water partition coefficient (Wildman–Crippen LogP) is 4.71. The third-order valence-electron chi connectivity index (χ3n) is 2.75. The van der Waals surface area contributed by atoms with Gasteiger partial charge in [-0.05, 0) is 18.8 Å². The van der Waals surface area contributed by atoms with Gasteiger partial charge in [0.15, 0.2) is 23.3 Å². The van der Waals surface area contributed by atoms with E-state index in [1.165, 1.54) is 13.8 Å². The fourth-order valence-electron chi connectivity index (χ4n) is 1.77. The Balaban J connectivity index is 3.36. The summed E-state index contributed by atoms with van der Waals surface area (Å²) >= 11 is 0. The van der Waals surface area contributed by atoms with Crippen LogP contribution in [0.25, 0.3) is 0 Å². The molecule has 0 bridgehead atoms. The zero-order chi connectivity index (χ0) is 13.2. The van der Waals surface area contributed by atoms with Crippen LogP contribution in [-0.2, 0) is 6.42 Å². The van der Waals surface area contributed by atoms with Gasteiger partial charge in [-0.3, -0.25) is 0 Å². The summed E-state index contributed by atoms with van der Waals surface area (Å²) in [6.45, 7) is 4.82. The second kappa shape index (κ2) is 5.52. The Morgan fingerprint density at radius 3 is 1.71 bits per heavy atom. The third-order valence-corrected chi connectivity index (χ3v) is 2.75. The third kappa shape index (κ3) is 2.61. The van der Waals surface area contributed by atoms with Crippen molar-refractivity contribution in [2.75, 3.05) is 0 Å². The van der Waals surface area contributed by atoms with Crippen LogP contribution in [0, 0.1) is 23.3 Å². The zero-order valence-electron chi connectivity index (χ0n) is 10.2. The molecule has 96 valence electrons. The summed E-state index contributed by atoms with van der Waals surface area (Å²) in [5.74, 6) is -5.61. The molecule has 0 spiro atoms. The first-order chi connectivity index (χ1) is 7.91. The van der Waals surface area contributed by atoms with Crippen molar-refractivity contribution >= 4 is 0 Å². The van der Waals surface area contributed by atoms with Crippen molar-refractivity contribution in [2.24, 2.45) is 0 Å². The molecule has 1 rings (SSSR count). The predicted molar refractivity (Wildman–Crippen MR) is 59.0 cm³/mol. The Kier molecular flexibility index (Phi) is 4.54. The average molecular weight is 248 g/mol. The van der Waals surface area contributed by atoms with Gasteiger partial charge < -0.3 is 0 Å². The van der Waals surface area contributed by atoms with E-state index in [1.807, 2.05) is 6.92 Å². The Morgan fingerprint density at radius 1 is 0.882 bits per heavy atom. The fraction of sp³-hybridized carbons (Fsp3) is 0.538. The maximum absolute atomic E-state index is 13.6. The number of halogens is 4. The van der Waals surface area contributed by atoms with Crippen molar-refractivity contribution in [1.82, 2.24) is 0 Å². The maximum atomic E-state index is 13.6. The van der Waals surface area contributed by atoms with Gasteiger partial charge in [0.25, 0.3) is 0 Å². The molecular weight excluding hydrogens is 232 g/mol. The molecule has 0 aliphatic rings. The number of rotatable bonds is 4. The van der Waals surface area contributed by atoms with Gasteiger partial charge in [0.1, 0.15) is 0 Å². The highest BCUT2D eigenvalue weighted by Crippen LogP contribution is 2.29. The molecule has 0 aromatic heterocycles. The van der Waals surface area contributed by atoms with E-state index in [2.05, 4.69) is 0 Å². The summed E-state index contributed by atoms with van der Waals surface area (Å²) in [5.41, 5.74) is -0.994. The Bertz CT molecular complexity index is 381. The van der Waals surface area contributed by atoms with E-state index >= 15 is 0 Å². The van der Waals surface area contributed by atoms with Gasteiger partial charge in [0.05, 0.1) is 0 Å². The Labute approximate surface area is 98.6 Å². The molecule has 1 aromatic carbocycles. The lowest BCUT2D eigenvalue weighted by atomic mass is 9.97. The van der Waals surface area contributed by atoms with Crippen LogP contribution in [0.3, 0.4) is 0 Å². The van der Waals surface area contributed by atoms with Crippen LogP contribution in [0.4, 0.5) is 17.6 Å². The highest BCUT2D eigenvalue weighted by Gasteiger charge is 2.26. The number of benzene rings is 1. The van der Waals surface area contributed by atoms with Crippen LogP contribution in [0.5, 0.6) is 0 Å². The summed E-state index contributed by atoms with van der Waals surface area (Å²) in [4.78, 5) is 0. The van der Waals surface area contributed by atoms with Crippen molar-refractivity contribution < 1.29 is 17.6 Å². The van der Waals surface area contributed by atoms with Gasteiger partial charge in [0, 0.05) is 11.1 Å². The molecule has 0 N–H and O–H groups in total. The van der Waals surface area contributed by atoms with E-state index < -0.39 is 40.3 Å². The van der Waals surface area contributed by atoms with Crippen molar-refractivity contribution in [3.63, 3.8) is 0 Å². The summed E-state index contributed by atoms with van der Waals surface area (Å²) < 4.78 is 54.4. The van der Waals surface area contributed by atoms with E-state index in [0.29, 0.717) is 12.8 Å². The lowest BCUT2D eigenvalue weighted by Crippen LogP contribution is -2.10. The summed E-state index contributed by atoms with van der Waals surface area (Å²) in [6.07, 6.45) is 1.21. The minimum absolute atomic E-state index is 0.0143. The minimum atomic E-state index is -1.26. The van der Waals surface area contributed by atoms with Crippen LogP contribution in [0.1, 0.15) is 50.7 Å². The van der Waals surface area contributed by atoms with Crippen LogP contribution in [0.15, 0.2) is 0 Å². The molecule has 0 aliphatic carbocycles. The Hall–Kier alpha value is -1.06. The number of hydrogen-bond acceptors (Lipinski definition) is 0. The lowest BCUT2D eigenvalue weighted by Gasteiger charge is -2.13. The zero-order valence-corrected chi connectivity index (χ0v) is 10.2. The van der Waals surface area contributed by atoms with Crippen LogP contribution in [0.2, 0.25) is 0 Å². The van der Waals surface area contributed by atoms with Gasteiger partial charge in [-0.2, -0.15) is 0 Å². The molecule has 1 aromatic rings. The van der Waals surface area contributed by atoms with E-state index in [0.717, 1.165) is 0 Å². The van der Waals surface area contributed by atoms with Crippen LogP contribution in [-0.4, -0.2) is 0 Å². The van der Waals surface area contributed by atoms with Gasteiger partial charge in [0.2, 0.25) is 0 Å². The summed E-state index contributed by atoms with van der Waals surface area (Å²) in [7, 11) is 0. The molecule has 0 fully saturated rings. The van der Waals surface area contributed by atoms with E-state index in [1.54, 1.807) is 0 Å². The van der Waals surface area contributed by atoms with Crippen LogP contribution >= 0.6 is 0 Å². The molecule has 0 heterocycles. The second-order valence-electron chi connectivity index (χ2n) is 4.41. The summed E-state index contributed by atoms with van der Waals surface area (Å²) in [5, 5.41) is 0. The first-order valence-electron chi connectivity index (χ1n) is 5.76. The largest absolute Gasteiger partial charge is 0.203 e. The van der Waals surface area contributed by atoms with Crippen molar-refractivity contribution in [2.45, 2.75) is 46.0 Å². The van der Waals surface area contributed by atoms with Crippen LogP contribution < -0.4 is 0 Å². The standard InChI is InChI=1S/C13H16F4/c1-4-5-6-8-10(14)12(16)9(7(2)3)13(17)11(8)15/h7H,4-6H2,1-3H3. The molecule has 0 aliphatic heterocycles. The minimum Gasteiger partial charge on any atom is -0.203 e. The molecule has 0 nitrogen and oxygen atoms in total. The molecule has 0 radical (unpaired) electrons. The topological polar surface area (TPSA) is 0 Å². The van der Waals surface area contributed by atoms with Gasteiger partial charge >= 0.3 is 0 Å². The van der Waals surface area contributed by atoms with Gasteiger partial charge in [-0.1, -0.05) is 27.2 Å². The Morgan fingerprint density at radius 2 is 1.35 bits per heavy atom.